The molecule has 0 amide bonds. The highest BCUT2D eigenvalue weighted by Crippen LogP contribution is 2.32. The number of hydrogen-bond donors (Lipinski definition) is 0. The number of aromatic nitrogens is 2. The fraction of sp³-hybridized carbons (Fsp3) is 0.500. The lowest BCUT2D eigenvalue weighted by molar-refractivity contribution is 0.389. The maximum Gasteiger partial charge on any atom is 0.236 e. The van der Waals surface area contributed by atoms with E-state index in [4.69, 9.17) is 0 Å². The Morgan fingerprint density at radius 2 is 1.69 bits per heavy atom. The van der Waals surface area contributed by atoms with E-state index in [2.05, 4.69) is 10.00 Å². The topological polar surface area (TPSA) is 92.6 Å². The van der Waals surface area contributed by atoms with E-state index >= 15 is 0 Å². The van der Waals surface area contributed by atoms with E-state index in [-0.39, 0.29) is 17.5 Å². The Balaban J connectivity index is 1.44. The Labute approximate surface area is 190 Å². The first-order valence-electron chi connectivity index (χ1n) is 10.8. The fourth-order valence-corrected chi connectivity index (χ4v) is 7.40. The predicted molar refractivity (Wildman–Crippen MR) is 127 cm³/mol. The zero-order valence-corrected chi connectivity index (χ0v) is 20.4. The minimum atomic E-state index is -3.50. The van der Waals surface area contributed by atoms with Crippen molar-refractivity contribution in [2.75, 3.05) is 42.6 Å². The number of benzene rings is 1. The van der Waals surface area contributed by atoms with Crippen molar-refractivity contribution in [1.29, 1.82) is 0 Å². The molecular formula is C22H30N4O4S2. The summed E-state index contributed by atoms with van der Waals surface area (Å²) in [4.78, 5) is 2.16. The monoisotopic (exact) mass is 478 g/mol. The molecule has 2 aliphatic rings. The standard InChI is InChI=1S/C22H30N4O4S2/c1-17-4-6-20(7-5-17)8-15-32(29,30)25-12-10-24(11-13-25)22-18(2)23-26(19(22)3)21-9-14-31(27,28)16-21/h4-8,15,21H,9-14,16H2,1-3H3/b15-8+. The van der Waals surface area contributed by atoms with Crippen molar-refractivity contribution in [2.45, 2.75) is 33.2 Å². The number of piperazine rings is 1. The number of rotatable bonds is 5. The van der Waals surface area contributed by atoms with E-state index < -0.39 is 19.9 Å². The fourth-order valence-electron chi connectivity index (χ4n) is 4.53. The minimum absolute atomic E-state index is 0.124. The van der Waals surface area contributed by atoms with Crippen molar-refractivity contribution in [3.05, 3.63) is 52.2 Å². The second kappa shape index (κ2) is 8.64. The van der Waals surface area contributed by atoms with Crippen LogP contribution in [-0.4, -0.2) is 68.6 Å². The Bertz CT molecular complexity index is 1220. The van der Waals surface area contributed by atoms with Gasteiger partial charge in [-0.05, 0) is 38.8 Å². The number of sulfone groups is 1. The molecule has 2 aliphatic heterocycles. The molecular weight excluding hydrogens is 448 g/mol. The lowest BCUT2D eigenvalue weighted by Crippen LogP contribution is -2.48. The van der Waals surface area contributed by atoms with Crippen LogP contribution in [0.1, 0.15) is 35.0 Å². The molecule has 1 aromatic heterocycles. The lowest BCUT2D eigenvalue weighted by Gasteiger charge is -2.35. The van der Waals surface area contributed by atoms with E-state index in [0.29, 0.717) is 32.6 Å². The molecule has 1 aromatic carbocycles. The molecule has 2 aromatic rings. The maximum atomic E-state index is 12.8. The van der Waals surface area contributed by atoms with Crippen LogP contribution in [0.4, 0.5) is 5.69 Å². The van der Waals surface area contributed by atoms with Gasteiger partial charge in [0.05, 0.1) is 34.6 Å². The summed E-state index contributed by atoms with van der Waals surface area (Å²) in [6.07, 6.45) is 2.22. The molecule has 1 atom stereocenters. The number of nitrogens with zero attached hydrogens (tertiary/aromatic N) is 4. The average Bonchev–Trinajstić information content (AvgIpc) is 3.25. The van der Waals surface area contributed by atoms with Crippen molar-refractivity contribution in [3.8, 4) is 0 Å². The number of anilines is 1. The molecule has 0 radical (unpaired) electrons. The summed E-state index contributed by atoms with van der Waals surface area (Å²) in [6, 6.07) is 7.59. The number of aryl methyl sites for hydroxylation is 2. The van der Waals surface area contributed by atoms with Crippen LogP contribution in [-0.2, 0) is 19.9 Å². The third-order valence-electron chi connectivity index (χ3n) is 6.27. The third-order valence-corrected chi connectivity index (χ3v) is 9.58. The molecule has 0 bridgehead atoms. The summed E-state index contributed by atoms with van der Waals surface area (Å²) >= 11 is 0. The molecule has 32 heavy (non-hydrogen) atoms. The van der Waals surface area contributed by atoms with Crippen LogP contribution < -0.4 is 4.90 Å². The summed E-state index contributed by atoms with van der Waals surface area (Å²) in [6.45, 7) is 7.79. The highest BCUT2D eigenvalue weighted by molar-refractivity contribution is 7.92. The lowest BCUT2D eigenvalue weighted by atomic mass is 10.2. The van der Waals surface area contributed by atoms with Gasteiger partial charge in [-0.2, -0.15) is 9.40 Å². The van der Waals surface area contributed by atoms with Crippen LogP contribution >= 0.6 is 0 Å². The quantitative estimate of drug-likeness (QED) is 0.655. The second-order valence-corrected chi connectivity index (χ2v) is 12.7. The largest absolute Gasteiger partial charge is 0.366 e. The van der Waals surface area contributed by atoms with Crippen molar-refractivity contribution < 1.29 is 16.8 Å². The molecule has 10 heteroatoms. The van der Waals surface area contributed by atoms with Crippen LogP contribution in [0.25, 0.3) is 6.08 Å². The molecule has 0 saturated carbocycles. The summed E-state index contributed by atoms with van der Waals surface area (Å²) in [7, 11) is -6.49. The van der Waals surface area contributed by atoms with Crippen LogP contribution in [0, 0.1) is 20.8 Å². The van der Waals surface area contributed by atoms with E-state index in [1.54, 1.807) is 6.08 Å². The van der Waals surface area contributed by atoms with Gasteiger partial charge in [-0.1, -0.05) is 29.8 Å². The second-order valence-electron chi connectivity index (χ2n) is 8.67. The zero-order valence-electron chi connectivity index (χ0n) is 18.7. The van der Waals surface area contributed by atoms with Gasteiger partial charge in [0.2, 0.25) is 10.0 Å². The number of hydrogen-bond acceptors (Lipinski definition) is 6. The molecule has 2 fully saturated rings. The van der Waals surface area contributed by atoms with Gasteiger partial charge in [0.25, 0.3) is 0 Å². The smallest absolute Gasteiger partial charge is 0.236 e. The van der Waals surface area contributed by atoms with Crippen LogP contribution in [0.2, 0.25) is 0 Å². The normalized spacial score (nSPS) is 22.1. The van der Waals surface area contributed by atoms with Gasteiger partial charge >= 0.3 is 0 Å². The molecule has 0 N–H and O–H groups in total. The maximum absolute atomic E-state index is 12.8. The molecule has 174 valence electrons. The first-order valence-corrected chi connectivity index (χ1v) is 14.1. The summed E-state index contributed by atoms with van der Waals surface area (Å²) in [5.74, 6) is 0.339. The van der Waals surface area contributed by atoms with Gasteiger partial charge in [0.1, 0.15) is 0 Å². The van der Waals surface area contributed by atoms with E-state index in [0.717, 1.165) is 28.2 Å². The third kappa shape index (κ3) is 4.77. The van der Waals surface area contributed by atoms with Gasteiger partial charge in [-0.3, -0.25) is 4.68 Å². The molecule has 8 nitrogen and oxygen atoms in total. The van der Waals surface area contributed by atoms with E-state index in [1.165, 1.54) is 9.71 Å². The summed E-state index contributed by atoms with van der Waals surface area (Å²) in [5.41, 5.74) is 4.76. The average molecular weight is 479 g/mol. The SMILES string of the molecule is Cc1ccc(/C=C/S(=O)(=O)N2CCN(c3c(C)nn(C4CCS(=O)(=O)C4)c3C)CC2)cc1. The first kappa shape index (κ1) is 23.0. The Morgan fingerprint density at radius 3 is 2.28 bits per heavy atom. The molecule has 0 spiro atoms. The zero-order chi connectivity index (χ0) is 23.1. The van der Waals surface area contributed by atoms with Gasteiger partial charge in [-0.25, -0.2) is 16.8 Å². The van der Waals surface area contributed by atoms with E-state index in [9.17, 15) is 16.8 Å². The molecule has 2 saturated heterocycles. The van der Waals surface area contributed by atoms with Gasteiger partial charge in [0.15, 0.2) is 9.84 Å². The Hall–Kier alpha value is -2.17. The highest BCUT2D eigenvalue weighted by Gasteiger charge is 2.33. The van der Waals surface area contributed by atoms with Crippen molar-refractivity contribution in [3.63, 3.8) is 0 Å². The van der Waals surface area contributed by atoms with E-state index in [1.807, 2.05) is 49.7 Å². The van der Waals surface area contributed by atoms with Crippen molar-refractivity contribution in [2.24, 2.45) is 0 Å². The Morgan fingerprint density at radius 1 is 1.03 bits per heavy atom. The minimum Gasteiger partial charge on any atom is -0.366 e. The van der Waals surface area contributed by atoms with Crippen molar-refractivity contribution >= 4 is 31.6 Å². The van der Waals surface area contributed by atoms with Gasteiger partial charge in [-0.15, -0.1) is 0 Å². The van der Waals surface area contributed by atoms with Crippen LogP contribution in [0.15, 0.2) is 29.7 Å². The summed E-state index contributed by atoms with van der Waals surface area (Å²) in [5, 5.41) is 5.92. The number of sulfonamides is 1. The highest BCUT2D eigenvalue weighted by atomic mass is 32.2. The first-order chi connectivity index (χ1) is 15.1. The molecule has 0 aliphatic carbocycles. The predicted octanol–water partition coefficient (Wildman–Crippen LogP) is 2.29. The van der Waals surface area contributed by atoms with Crippen molar-refractivity contribution in [1.82, 2.24) is 14.1 Å². The van der Waals surface area contributed by atoms with Gasteiger partial charge < -0.3 is 4.90 Å². The van der Waals surface area contributed by atoms with Crippen LogP contribution in [0.3, 0.4) is 0 Å². The molecule has 1 unspecified atom stereocenters. The van der Waals surface area contributed by atoms with Crippen LogP contribution in [0.5, 0.6) is 0 Å². The Kier molecular flexibility index (Phi) is 6.21. The summed E-state index contributed by atoms with van der Waals surface area (Å²) < 4.78 is 52.7. The molecule has 3 heterocycles. The molecule has 4 rings (SSSR count). The van der Waals surface area contributed by atoms with Gasteiger partial charge in [0, 0.05) is 31.6 Å².